The van der Waals surface area contributed by atoms with E-state index in [0.717, 1.165) is 10.4 Å². The molecular weight excluding hydrogens is 354 g/mol. The predicted octanol–water partition coefficient (Wildman–Crippen LogP) is 2.95. The zero-order chi connectivity index (χ0) is 18.9. The van der Waals surface area contributed by atoms with Crippen molar-refractivity contribution in [3.8, 4) is 11.5 Å². The Bertz CT molecular complexity index is 730. The van der Waals surface area contributed by atoms with Crippen molar-refractivity contribution in [2.45, 2.75) is 32.4 Å². The van der Waals surface area contributed by atoms with E-state index in [1.807, 2.05) is 23.6 Å². The number of esters is 1. The Kier molecular flexibility index (Phi) is 7.47. The lowest BCUT2D eigenvalue weighted by atomic mass is 10.2. The molecule has 0 bridgehead atoms. The number of aryl methyl sites for hydroxylation is 1. The standard InChI is InChI=1S/C19H23NO5S/c1-13(25-18(21)9-7-15-5-4-10-26-15)19(22)20-12-14-6-8-16(23-2)17(11-14)24-3/h4-6,8,10-11,13H,7,9,12H2,1-3H3,(H,20,22)/t13-/m0/s1. The molecule has 2 aromatic rings. The first-order chi connectivity index (χ1) is 12.5. The maximum absolute atomic E-state index is 12.1. The summed E-state index contributed by atoms with van der Waals surface area (Å²) in [6.07, 6.45) is 0.0376. The van der Waals surface area contributed by atoms with Crippen LogP contribution in [0, 0.1) is 0 Å². The van der Waals surface area contributed by atoms with E-state index < -0.39 is 6.10 Å². The van der Waals surface area contributed by atoms with Gasteiger partial charge in [-0.05, 0) is 42.5 Å². The van der Waals surface area contributed by atoms with Crippen LogP contribution in [0.3, 0.4) is 0 Å². The molecule has 2 rings (SSSR count). The molecular formula is C19H23NO5S. The number of hydrogen-bond donors (Lipinski definition) is 1. The third kappa shape index (κ3) is 5.77. The average Bonchev–Trinajstić information content (AvgIpc) is 3.17. The van der Waals surface area contributed by atoms with Crippen molar-refractivity contribution in [1.29, 1.82) is 0 Å². The summed E-state index contributed by atoms with van der Waals surface area (Å²) in [5.74, 6) is 0.486. The molecule has 0 aliphatic rings. The smallest absolute Gasteiger partial charge is 0.306 e. The van der Waals surface area contributed by atoms with Gasteiger partial charge in [0.1, 0.15) is 0 Å². The molecule has 1 aromatic heterocycles. The molecule has 140 valence electrons. The topological polar surface area (TPSA) is 73.9 Å². The summed E-state index contributed by atoms with van der Waals surface area (Å²) in [6.45, 7) is 1.86. The fourth-order valence-electron chi connectivity index (χ4n) is 2.31. The van der Waals surface area contributed by atoms with Crippen LogP contribution in [0.15, 0.2) is 35.7 Å². The number of hydrogen-bond acceptors (Lipinski definition) is 6. The summed E-state index contributed by atoms with van der Waals surface area (Å²) in [5.41, 5.74) is 0.854. The monoisotopic (exact) mass is 377 g/mol. The molecule has 0 spiro atoms. The average molecular weight is 377 g/mol. The van der Waals surface area contributed by atoms with E-state index in [1.165, 1.54) is 0 Å². The highest BCUT2D eigenvalue weighted by molar-refractivity contribution is 7.09. The Hall–Kier alpha value is -2.54. The Morgan fingerprint density at radius 2 is 1.92 bits per heavy atom. The van der Waals surface area contributed by atoms with Crippen molar-refractivity contribution in [3.05, 3.63) is 46.2 Å². The van der Waals surface area contributed by atoms with Gasteiger partial charge in [-0.15, -0.1) is 11.3 Å². The van der Waals surface area contributed by atoms with Crippen LogP contribution in [0.5, 0.6) is 11.5 Å². The lowest BCUT2D eigenvalue weighted by Crippen LogP contribution is -2.35. The van der Waals surface area contributed by atoms with E-state index in [0.29, 0.717) is 24.5 Å². The highest BCUT2D eigenvalue weighted by Gasteiger charge is 2.17. The van der Waals surface area contributed by atoms with Gasteiger partial charge in [0.15, 0.2) is 17.6 Å². The molecule has 26 heavy (non-hydrogen) atoms. The Morgan fingerprint density at radius 1 is 1.15 bits per heavy atom. The molecule has 1 amide bonds. The van der Waals surface area contributed by atoms with Crippen molar-refractivity contribution in [2.24, 2.45) is 0 Å². The molecule has 1 atom stereocenters. The number of methoxy groups -OCH3 is 2. The van der Waals surface area contributed by atoms with Crippen LogP contribution in [0.4, 0.5) is 0 Å². The first-order valence-electron chi connectivity index (χ1n) is 8.24. The second-order valence-corrected chi connectivity index (χ2v) is 6.65. The van der Waals surface area contributed by atoms with Crippen molar-refractivity contribution in [2.75, 3.05) is 14.2 Å². The fourth-order valence-corrected chi connectivity index (χ4v) is 3.02. The molecule has 0 saturated carbocycles. The van der Waals surface area contributed by atoms with Crippen molar-refractivity contribution in [1.82, 2.24) is 5.32 Å². The number of benzene rings is 1. The third-order valence-electron chi connectivity index (χ3n) is 3.75. The highest BCUT2D eigenvalue weighted by Crippen LogP contribution is 2.27. The zero-order valence-corrected chi connectivity index (χ0v) is 15.9. The lowest BCUT2D eigenvalue weighted by Gasteiger charge is -2.14. The van der Waals surface area contributed by atoms with Crippen LogP contribution in [0.2, 0.25) is 0 Å². The van der Waals surface area contributed by atoms with E-state index >= 15 is 0 Å². The number of rotatable bonds is 9. The van der Waals surface area contributed by atoms with Gasteiger partial charge in [0, 0.05) is 11.4 Å². The Labute approximate surface area is 157 Å². The molecule has 0 fully saturated rings. The van der Waals surface area contributed by atoms with Gasteiger partial charge in [-0.25, -0.2) is 0 Å². The van der Waals surface area contributed by atoms with Crippen molar-refractivity contribution < 1.29 is 23.8 Å². The molecule has 0 aliphatic carbocycles. The summed E-state index contributed by atoms with van der Waals surface area (Å²) in [7, 11) is 3.12. The maximum Gasteiger partial charge on any atom is 0.306 e. The Morgan fingerprint density at radius 3 is 2.58 bits per heavy atom. The van der Waals surface area contributed by atoms with E-state index in [-0.39, 0.29) is 18.3 Å². The number of ether oxygens (including phenoxy) is 3. The van der Waals surface area contributed by atoms with Gasteiger partial charge in [-0.3, -0.25) is 9.59 Å². The minimum Gasteiger partial charge on any atom is -0.493 e. The quantitative estimate of drug-likeness (QED) is 0.680. The highest BCUT2D eigenvalue weighted by atomic mass is 32.1. The van der Waals surface area contributed by atoms with Crippen molar-refractivity contribution >= 4 is 23.2 Å². The van der Waals surface area contributed by atoms with E-state index in [4.69, 9.17) is 14.2 Å². The van der Waals surface area contributed by atoms with Crippen molar-refractivity contribution in [3.63, 3.8) is 0 Å². The summed E-state index contributed by atoms with van der Waals surface area (Å²) in [6, 6.07) is 9.30. The van der Waals surface area contributed by atoms with Gasteiger partial charge in [0.05, 0.1) is 20.6 Å². The number of carbonyl (C=O) groups excluding carboxylic acids is 2. The maximum atomic E-state index is 12.1. The van der Waals surface area contributed by atoms with Gasteiger partial charge in [0.25, 0.3) is 5.91 Å². The summed E-state index contributed by atoms with van der Waals surface area (Å²) >= 11 is 1.60. The number of amides is 1. The molecule has 0 aliphatic heterocycles. The molecule has 0 unspecified atom stereocenters. The molecule has 7 heteroatoms. The second kappa shape index (κ2) is 9.82. The number of nitrogens with one attached hydrogen (secondary N) is 1. The Balaban J connectivity index is 1.78. The van der Waals surface area contributed by atoms with Gasteiger partial charge in [-0.1, -0.05) is 12.1 Å². The van der Waals surface area contributed by atoms with Crippen LogP contribution in [0.1, 0.15) is 23.8 Å². The van der Waals surface area contributed by atoms with Gasteiger partial charge in [0.2, 0.25) is 0 Å². The van der Waals surface area contributed by atoms with E-state index in [9.17, 15) is 9.59 Å². The van der Waals surface area contributed by atoms with Crippen LogP contribution < -0.4 is 14.8 Å². The second-order valence-electron chi connectivity index (χ2n) is 5.62. The molecule has 0 saturated heterocycles. The molecule has 1 N–H and O–H groups in total. The minimum absolute atomic E-state index is 0.258. The van der Waals surface area contributed by atoms with E-state index in [2.05, 4.69) is 5.32 Å². The summed E-state index contributed by atoms with van der Waals surface area (Å²) in [5, 5.41) is 4.72. The molecule has 1 aromatic carbocycles. The van der Waals surface area contributed by atoms with Crippen LogP contribution in [-0.2, 0) is 27.3 Å². The fraction of sp³-hybridized carbons (Fsp3) is 0.368. The van der Waals surface area contributed by atoms with Crippen LogP contribution in [0.25, 0.3) is 0 Å². The first kappa shape index (κ1) is 19.8. The summed E-state index contributed by atoms with van der Waals surface area (Å²) < 4.78 is 15.6. The number of carbonyl (C=O) groups is 2. The first-order valence-corrected chi connectivity index (χ1v) is 9.12. The lowest BCUT2D eigenvalue weighted by molar-refractivity contribution is -0.154. The molecule has 0 radical (unpaired) electrons. The van der Waals surface area contributed by atoms with E-state index in [1.54, 1.807) is 44.6 Å². The van der Waals surface area contributed by atoms with Crippen LogP contribution in [-0.4, -0.2) is 32.2 Å². The predicted molar refractivity (Wildman–Crippen MR) is 99.6 cm³/mol. The van der Waals surface area contributed by atoms with Gasteiger partial charge < -0.3 is 19.5 Å². The third-order valence-corrected chi connectivity index (χ3v) is 4.68. The SMILES string of the molecule is COc1ccc(CNC(=O)[C@H](C)OC(=O)CCc2cccs2)cc1OC. The largest absolute Gasteiger partial charge is 0.493 e. The minimum atomic E-state index is -0.842. The normalized spacial score (nSPS) is 11.5. The van der Waals surface area contributed by atoms with Crippen LogP contribution >= 0.6 is 11.3 Å². The molecule has 1 heterocycles. The zero-order valence-electron chi connectivity index (χ0n) is 15.1. The van der Waals surface area contributed by atoms with Gasteiger partial charge in [-0.2, -0.15) is 0 Å². The number of thiophene rings is 1. The summed E-state index contributed by atoms with van der Waals surface area (Å²) in [4.78, 5) is 25.1. The van der Waals surface area contributed by atoms with Gasteiger partial charge >= 0.3 is 5.97 Å². The molecule has 6 nitrogen and oxygen atoms in total.